The highest BCUT2D eigenvalue weighted by Crippen LogP contribution is 2.38. The molecule has 1 aliphatic carbocycles. The maximum Gasteiger partial charge on any atom is 0.303 e. The molecule has 0 unspecified atom stereocenters. The van der Waals surface area contributed by atoms with E-state index in [0.717, 1.165) is 38.5 Å². The molecule has 1 saturated carbocycles. The Balaban J connectivity index is 1.84. The number of nitrogens with one attached hydrogen (secondary N) is 1. The SMILES string of the molecule is O=C(O)CC1(CNC(=O)CN2CCCC2=O)CCCCC1. The molecule has 118 valence electrons. The number of carboxylic acid groups (broad SMARTS) is 1. The van der Waals surface area contributed by atoms with Crippen LogP contribution in [0.3, 0.4) is 0 Å². The molecule has 0 atom stereocenters. The monoisotopic (exact) mass is 296 g/mol. The van der Waals surface area contributed by atoms with Crippen molar-refractivity contribution < 1.29 is 19.5 Å². The summed E-state index contributed by atoms with van der Waals surface area (Å²) in [5.41, 5.74) is -0.311. The average Bonchev–Trinajstić information content (AvgIpc) is 2.82. The molecule has 0 bridgehead atoms. The summed E-state index contributed by atoms with van der Waals surface area (Å²) in [6, 6.07) is 0. The molecule has 2 fully saturated rings. The van der Waals surface area contributed by atoms with Gasteiger partial charge >= 0.3 is 5.97 Å². The molecule has 2 rings (SSSR count). The van der Waals surface area contributed by atoms with Gasteiger partial charge in [0.1, 0.15) is 0 Å². The molecule has 6 heteroatoms. The summed E-state index contributed by atoms with van der Waals surface area (Å²) in [6.07, 6.45) is 6.32. The number of carbonyl (C=O) groups is 3. The zero-order chi connectivity index (χ0) is 15.3. The van der Waals surface area contributed by atoms with Crippen LogP contribution in [0.2, 0.25) is 0 Å². The van der Waals surface area contributed by atoms with Crippen molar-refractivity contribution in [3.05, 3.63) is 0 Å². The lowest BCUT2D eigenvalue weighted by Crippen LogP contribution is -2.44. The van der Waals surface area contributed by atoms with Gasteiger partial charge < -0.3 is 15.3 Å². The van der Waals surface area contributed by atoms with E-state index >= 15 is 0 Å². The van der Waals surface area contributed by atoms with Gasteiger partial charge in [-0.2, -0.15) is 0 Å². The summed E-state index contributed by atoms with van der Waals surface area (Å²) in [5, 5.41) is 11.9. The first-order chi connectivity index (χ1) is 10.0. The minimum Gasteiger partial charge on any atom is -0.481 e. The number of carbonyl (C=O) groups excluding carboxylic acids is 2. The lowest BCUT2D eigenvalue weighted by atomic mass is 9.71. The lowest BCUT2D eigenvalue weighted by molar-refractivity contribution is -0.140. The summed E-state index contributed by atoms with van der Waals surface area (Å²) in [7, 11) is 0. The number of rotatable bonds is 6. The Morgan fingerprint density at radius 1 is 1.19 bits per heavy atom. The van der Waals surface area contributed by atoms with Crippen molar-refractivity contribution in [3.8, 4) is 0 Å². The largest absolute Gasteiger partial charge is 0.481 e. The average molecular weight is 296 g/mol. The summed E-state index contributed by atoms with van der Waals surface area (Å²) in [6.45, 7) is 1.15. The van der Waals surface area contributed by atoms with Crippen molar-refractivity contribution in [1.82, 2.24) is 10.2 Å². The highest BCUT2D eigenvalue weighted by Gasteiger charge is 2.35. The first-order valence-corrected chi connectivity index (χ1v) is 7.77. The van der Waals surface area contributed by atoms with Crippen molar-refractivity contribution in [2.75, 3.05) is 19.6 Å². The normalized spacial score (nSPS) is 21.3. The molecule has 2 aliphatic rings. The fourth-order valence-corrected chi connectivity index (χ4v) is 3.43. The van der Waals surface area contributed by atoms with Gasteiger partial charge in [0.05, 0.1) is 13.0 Å². The Morgan fingerprint density at radius 3 is 2.48 bits per heavy atom. The smallest absolute Gasteiger partial charge is 0.303 e. The van der Waals surface area contributed by atoms with Crippen molar-refractivity contribution in [3.63, 3.8) is 0 Å². The zero-order valence-corrected chi connectivity index (χ0v) is 12.4. The summed E-state index contributed by atoms with van der Waals surface area (Å²) >= 11 is 0. The second kappa shape index (κ2) is 6.91. The zero-order valence-electron chi connectivity index (χ0n) is 12.4. The van der Waals surface area contributed by atoms with Crippen LogP contribution in [-0.4, -0.2) is 47.4 Å². The van der Waals surface area contributed by atoms with Crippen LogP contribution in [0.15, 0.2) is 0 Å². The first kappa shape index (κ1) is 15.8. The van der Waals surface area contributed by atoms with E-state index < -0.39 is 5.97 Å². The molecular weight excluding hydrogens is 272 g/mol. The molecule has 0 aromatic rings. The number of nitrogens with zero attached hydrogens (tertiary/aromatic N) is 1. The van der Waals surface area contributed by atoms with Crippen molar-refractivity contribution in [2.24, 2.45) is 5.41 Å². The van der Waals surface area contributed by atoms with Gasteiger partial charge in [-0.05, 0) is 24.7 Å². The van der Waals surface area contributed by atoms with Gasteiger partial charge in [-0.15, -0.1) is 0 Å². The first-order valence-electron chi connectivity index (χ1n) is 7.77. The molecule has 0 spiro atoms. The van der Waals surface area contributed by atoms with Crippen molar-refractivity contribution in [2.45, 2.75) is 51.4 Å². The van der Waals surface area contributed by atoms with E-state index in [9.17, 15) is 14.4 Å². The topological polar surface area (TPSA) is 86.7 Å². The molecular formula is C15H24N2O4. The number of aliphatic carboxylic acids is 1. The number of carboxylic acids is 1. The van der Waals surface area contributed by atoms with E-state index in [1.54, 1.807) is 4.90 Å². The molecule has 0 aromatic heterocycles. The lowest BCUT2D eigenvalue weighted by Gasteiger charge is -2.36. The Kier molecular flexibility index (Phi) is 5.20. The van der Waals surface area contributed by atoms with Gasteiger partial charge in [0.25, 0.3) is 0 Å². The Morgan fingerprint density at radius 2 is 1.90 bits per heavy atom. The molecule has 1 heterocycles. The maximum absolute atomic E-state index is 12.0. The van der Waals surface area contributed by atoms with Gasteiger partial charge in [0, 0.05) is 19.5 Å². The van der Waals surface area contributed by atoms with E-state index in [4.69, 9.17) is 5.11 Å². The number of amides is 2. The standard InChI is InChI=1S/C15H24N2O4/c18-12(10-17-8-4-5-13(17)19)16-11-15(9-14(20)21)6-2-1-3-7-15/h1-11H2,(H,16,18)(H,20,21). The van der Waals surface area contributed by atoms with Gasteiger partial charge in [0.15, 0.2) is 0 Å². The summed E-state index contributed by atoms with van der Waals surface area (Å²) < 4.78 is 0. The van der Waals surface area contributed by atoms with E-state index in [1.165, 1.54) is 0 Å². The molecule has 0 aromatic carbocycles. The maximum atomic E-state index is 12.0. The third-order valence-corrected chi connectivity index (χ3v) is 4.61. The van der Waals surface area contributed by atoms with Crippen LogP contribution >= 0.6 is 0 Å². The van der Waals surface area contributed by atoms with Crippen LogP contribution < -0.4 is 5.32 Å². The Hall–Kier alpha value is -1.59. The van der Waals surface area contributed by atoms with Crippen LogP contribution in [0.25, 0.3) is 0 Å². The molecule has 21 heavy (non-hydrogen) atoms. The summed E-state index contributed by atoms with van der Waals surface area (Å²) in [5.74, 6) is -0.954. The van der Waals surface area contributed by atoms with Crippen LogP contribution in [0.1, 0.15) is 51.4 Å². The molecule has 1 saturated heterocycles. The van der Waals surface area contributed by atoms with Crippen LogP contribution in [0.5, 0.6) is 0 Å². The van der Waals surface area contributed by atoms with Crippen molar-refractivity contribution >= 4 is 17.8 Å². The number of hydrogen-bond donors (Lipinski definition) is 2. The van der Waals surface area contributed by atoms with E-state index in [2.05, 4.69) is 5.32 Å². The molecule has 1 aliphatic heterocycles. The van der Waals surface area contributed by atoms with Gasteiger partial charge in [-0.1, -0.05) is 19.3 Å². The summed E-state index contributed by atoms with van der Waals surface area (Å²) in [4.78, 5) is 36.1. The van der Waals surface area contributed by atoms with E-state index in [0.29, 0.717) is 19.5 Å². The van der Waals surface area contributed by atoms with Gasteiger partial charge in [0.2, 0.25) is 11.8 Å². The molecule has 6 nitrogen and oxygen atoms in total. The van der Waals surface area contributed by atoms with Crippen LogP contribution in [0.4, 0.5) is 0 Å². The minimum atomic E-state index is -0.805. The Labute approximate surface area is 124 Å². The van der Waals surface area contributed by atoms with Crippen molar-refractivity contribution in [1.29, 1.82) is 0 Å². The number of likely N-dealkylation sites (tertiary alicyclic amines) is 1. The number of hydrogen-bond acceptors (Lipinski definition) is 3. The van der Waals surface area contributed by atoms with E-state index in [1.807, 2.05) is 0 Å². The highest BCUT2D eigenvalue weighted by molar-refractivity contribution is 5.85. The van der Waals surface area contributed by atoms with Gasteiger partial charge in [-0.25, -0.2) is 0 Å². The third-order valence-electron chi connectivity index (χ3n) is 4.61. The molecule has 2 amide bonds. The minimum absolute atomic E-state index is 0.0306. The highest BCUT2D eigenvalue weighted by atomic mass is 16.4. The quantitative estimate of drug-likeness (QED) is 0.770. The van der Waals surface area contributed by atoms with Crippen LogP contribution in [-0.2, 0) is 14.4 Å². The van der Waals surface area contributed by atoms with Crippen LogP contribution in [0, 0.1) is 5.41 Å². The molecule has 2 N–H and O–H groups in total. The molecule has 0 radical (unpaired) electrons. The predicted molar refractivity (Wildman–Crippen MR) is 76.6 cm³/mol. The second-order valence-corrected chi connectivity index (χ2v) is 6.33. The van der Waals surface area contributed by atoms with Gasteiger partial charge in [-0.3, -0.25) is 14.4 Å². The van der Waals surface area contributed by atoms with E-state index in [-0.39, 0.29) is 30.2 Å². The third kappa shape index (κ3) is 4.44. The second-order valence-electron chi connectivity index (χ2n) is 6.33. The predicted octanol–water partition coefficient (Wildman–Crippen LogP) is 1.15. The Bertz CT molecular complexity index is 416. The fourth-order valence-electron chi connectivity index (χ4n) is 3.43. The fraction of sp³-hybridized carbons (Fsp3) is 0.800.